The van der Waals surface area contributed by atoms with Gasteiger partial charge in [-0.2, -0.15) is 13.2 Å². The van der Waals surface area contributed by atoms with Crippen molar-refractivity contribution in [1.82, 2.24) is 14.7 Å². The van der Waals surface area contributed by atoms with Crippen molar-refractivity contribution in [3.63, 3.8) is 0 Å². The molecule has 1 aliphatic rings. The number of nitrogens with zero attached hydrogens (tertiary/aromatic N) is 3. The maximum atomic E-state index is 12.2. The van der Waals surface area contributed by atoms with E-state index in [1.165, 1.54) is 4.90 Å². The lowest BCUT2D eigenvalue weighted by Gasteiger charge is -2.38. The van der Waals surface area contributed by atoms with Gasteiger partial charge >= 0.3 is 6.18 Å². The number of anilines is 1. The fraction of sp³-hybridized carbons (Fsp3) is 0.786. The van der Waals surface area contributed by atoms with E-state index in [-0.39, 0.29) is 31.8 Å². The van der Waals surface area contributed by atoms with Crippen LogP contribution in [0.2, 0.25) is 25.7 Å². The first-order chi connectivity index (χ1) is 11.0. The Morgan fingerprint density at radius 3 is 2.58 bits per heavy atom. The van der Waals surface area contributed by atoms with Gasteiger partial charge in [0, 0.05) is 27.8 Å². The lowest BCUT2D eigenvalue weighted by molar-refractivity contribution is -0.162. The predicted octanol–water partition coefficient (Wildman–Crippen LogP) is 2.40. The summed E-state index contributed by atoms with van der Waals surface area (Å²) in [5.74, 6) is 0.250. The second-order valence-electron chi connectivity index (χ2n) is 7.33. The Morgan fingerprint density at radius 2 is 2.00 bits per heavy atom. The summed E-state index contributed by atoms with van der Waals surface area (Å²) in [6, 6.07) is 1.06. The Morgan fingerprint density at radius 1 is 1.33 bits per heavy atom. The van der Waals surface area contributed by atoms with Gasteiger partial charge in [0.05, 0.1) is 12.7 Å². The highest BCUT2D eigenvalue weighted by atomic mass is 28.3. The molecule has 0 aromatic carbocycles. The summed E-state index contributed by atoms with van der Waals surface area (Å²) in [6.07, 6.45) is -2.89. The number of halogens is 3. The molecule has 0 amide bonds. The van der Waals surface area contributed by atoms with Crippen LogP contribution in [0.25, 0.3) is 0 Å². The first-order valence-electron chi connectivity index (χ1n) is 7.88. The monoisotopic (exact) mass is 366 g/mol. The highest BCUT2D eigenvalue weighted by Gasteiger charge is 2.38. The third-order valence-electron chi connectivity index (χ3n) is 3.58. The van der Waals surface area contributed by atoms with Gasteiger partial charge in [-0.15, -0.1) is 5.10 Å². The van der Waals surface area contributed by atoms with E-state index < -0.39 is 20.8 Å². The average molecular weight is 366 g/mol. The van der Waals surface area contributed by atoms with Gasteiger partial charge < -0.3 is 15.2 Å². The highest BCUT2D eigenvalue weighted by molar-refractivity contribution is 6.76. The molecule has 2 rings (SSSR count). The van der Waals surface area contributed by atoms with Crippen LogP contribution in [0, 0.1) is 0 Å². The molecule has 0 spiro atoms. The summed E-state index contributed by atoms with van der Waals surface area (Å²) >= 11 is 0. The molecule has 10 heteroatoms. The van der Waals surface area contributed by atoms with Crippen LogP contribution in [-0.2, 0) is 11.5 Å². The number of alkyl halides is 3. The van der Waals surface area contributed by atoms with Crippen LogP contribution in [-0.4, -0.2) is 61.3 Å². The summed E-state index contributed by atoms with van der Waals surface area (Å²) in [5.41, 5.74) is 6.19. The Bertz CT molecular complexity index is 539. The van der Waals surface area contributed by atoms with Crippen molar-refractivity contribution in [3.8, 4) is 5.88 Å². The average Bonchev–Trinajstić information content (AvgIpc) is 2.70. The van der Waals surface area contributed by atoms with Crippen molar-refractivity contribution < 1.29 is 22.6 Å². The summed E-state index contributed by atoms with van der Waals surface area (Å²) in [4.78, 5) is 1.28. The Hall–Kier alpha value is -1.26. The normalized spacial score (nSPS) is 17.1. The summed E-state index contributed by atoms with van der Waals surface area (Å²) in [6.45, 7) is 7.29. The molecule has 0 aliphatic carbocycles. The molecule has 1 aromatic rings. The molecule has 0 unspecified atom stereocenters. The molecule has 1 aromatic heterocycles. The number of hydrogen-bond acceptors (Lipinski definition) is 5. The van der Waals surface area contributed by atoms with Gasteiger partial charge in [-0.3, -0.25) is 4.90 Å². The number of likely N-dealkylation sites (tertiary alicyclic amines) is 1. The smallest absolute Gasteiger partial charge is 0.401 e. The van der Waals surface area contributed by atoms with Crippen LogP contribution in [0.3, 0.4) is 0 Å². The van der Waals surface area contributed by atoms with Gasteiger partial charge in [0.25, 0.3) is 5.88 Å². The lowest BCUT2D eigenvalue weighted by atomic mass is 10.1. The van der Waals surface area contributed by atoms with E-state index in [1.807, 2.05) is 0 Å². The van der Waals surface area contributed by atoms with Crippen LogP contribution >= 0.6 is 0 Å². The second kappa shape index (κ2) is 7.32. The molecular formula is C14H25F3N4O2Si. The molecule has 2 heterocycles. The van der Waals surface area contributed by atoms with Crippen molar-refractivity contribution in [2.75, 3.05) is 32.0 Å². The third kappa shape index (κ3) is 6.33. The van der Waals surface area contributed by atoms with E-state index in [0.29, 0.717) is 12.3 Å². The predicted molar refractivity (Wildman–Crippen MR) is 87.7 cm³/mol. The van der Waals surface area contributed by atoms with Gasteiger partial charge in [-0.05, 0) is 6.04 Å². The lowest BCUT2D eigenvalue weighted by Crippen LogP contribution is -2.56. The molecular weight excluding hydrogens is 341 g/mol. The minimum absolute atomic E-state index is 0.221. The van der Waals surface area contributed by atoms with Crippen molar-refractivity contribution >= 4 is 13.8 Å². The molecule has 1 aliphatic heterocycles. The number of hydrogen-bond donors (Lipinski definition) is 1. The number of rotatable bonds is 8. The SMILES string of the molecule is C[Si](C)(C)CCOCn1cc(N)c(OC2CN(CC(F)(F)F)C2)n1. The molecule has 0 atom stereocenters. The van der Waals surface area contributed by atoms with Crippen LogP contribution < -0.4 is 10.5 Å². The minimum atomic E-state index is -4.18. The fourth-order valence-electron chi connectivity index (χ4n) is 2.25. The van der Waals surface area contributed by atoms with Gasteiger partial charge in [-0.25, -0.2) is 4.68 Å². The zero-order valence-corrected chi connectivity index (χ0v) is 15.3. The fourth-order valence-corrected chi connectivity index (χ4v) is 3.01. The summed E-state index contributed by atoms with van der Waals surface area (Å²) < 4.78 is 49.4. The summed E-state index contributed by atoms with van der Waals surface area (Å²) in [5, 5.41) is 4.18. The van der Waals surface area contributed by atoms with E-state index in [1.54, 1.807) is 10.9 Å². The van der Waals surface area contributed by atoms with Gasteiger partial charge in [0.15, 0.2) is 0 Å². The molecule has 1 fully saturated rings. The molecule has 2 N–H and O–H groups in total. The van der Waals surface area contributed by atoms with Crippen molar-refractivity contribution in [3.05, 3.63) is 6.20 Å². The van der Waals surface area contributed by atoms with Crippen molar-refractivity contribution in [2.45, 2.75) is 44.7 Å². The quantitative estimate of drug-likeness (QED) is 0.565. The van der Waals surface area contributed by atoms with Gasteiger partial charge in [-0.1, -0.05) is 19.6 Å². The second-order valence-corrected chi connectivity index (χ2v) is 12.9. The molecule has 138 valence electrons. The van der Waals surface area contributed by atoms with Crippen molar-refractivity contribution in [2.24, 2.45) is 0 Å². The highest BCUT2D eigenvalue weighted by Crippen LogP contribution is 2.25. The zero-order valence-electron chi connectivity index (χ0n) is 14.3. The molecule has 0 saturated carbocycles. The third-order valence-corrected chi connectivity index (χ3v) is 5.28. The Balaban J connectivity index is 1.73. The number of ether oxygens (including phenoxy) is 2. The van der Waals surface area contributed by atoms with E-state index in [0.717, 1.165) is 6.04 Å². The molecule has 24 heavy (non-hydrogen) atoms. The number of nitrogens with two attached hydrogens (primary N) is 1. The molecule has 1 saturated heterocycles. The van der Waals surface area contributed by atoms with Crippen LogP contribution in [0.5, 0.6) is 5.88 Å². The van der Waals surface area contributed by atoms with E-state index >= 15 is 0 Å². The van der Waals surface area contributed by atoms with E-state index in [4.69, 9.17) is 15.2 Å². The molecule has 0 radical (unpaired) electrons. The van der Waals surface area contributed by atoms with Crippen molar-refractivity contribution in [1.29, 1.82) is 0 Å². The first kappa shape index (κ1) is 19.1. The number of nitrogen functional groups attached to an aromatic ring is 1. The standard InChI is InChI=1S/C14H25F3N4O2Si/c1-24(2,3)5-4-22-10-21-8-12(18)13(19-21)23-11-6-20(7-11)9-14(15,16)17/h8,11H,4-7,9-10,18H2,1-3H3. The zero-order chi connectivity index (χ0) is 18.0. The minimum Gasteiger partial charge on any atom is -0.469 e. The van der Waals surface area contributed by atoms with Crippen LogP contribution in [0.4, 0.5) is 18.9 Å². The van der Waals surface area contributed by atoms with E-state index in [2.05, 4.69) is 24.7 Å². The van der Waals surface area contributed by atoms with Crippen LogP contribution in [0.15, 0.2) is 6.20 Å². The maximum Gasteiger partial charge on any atom is 0.401 e. The topological polar surface area (TPSA) is 65.5 Å². The van der Waals surface area contributed by atoms with Crippen LogP contribution in [0.1, 0.15) is 0 Å². The largest absolute Gasteiger partial charge is 0.469 e. The Kier molecular flexibility index (Phi) is 5.81. The maximum absolute atomic E-state index is 12.2. The Labute approximate surface area is 140 Å². The number of aromatic nitrogens is 2. The first-order valence-corrected chi connectivity index (χ1v) is 11.6. The van der Waals surface area contributed by atoms with Gasteiger partial charge in [0.1, 0.15) is 18.5 Å². The van der Waals surface area contributed by atoms with E-state index in [9.17, 15) is 13.2 Å². The van der Waals surface area contributed by atoms with Gasteiger partial charge in [0.2, 0.25) is 0 Å². The molecule has 6 nitrogen and oxygen atoms in total. The molecule has 0 bridgehead atoms. The summed E-state index contributed by atoms with van der Waals surface area (Å²) in [7, 11) is -1.13.